The fourth-order valence-corrected chi connectivity index (χ4v) is 3.43. The van der Waals surface area contributed by atoms with Gasteiger partial charge in [0.05, 0.1) is 22.9 Å². The number of hydrogen-bond acceptors (Lipinski definition) is 7. The van der Waals surface area contributed by atoms with Gasteiger partial charge in [0.2, 0.25) is 11.8 Å². The summed E-state index contributed by atoms with van der Waals surface area (Å²) < 4.78 is 10.3. The summed E-state index contributed by atoms with van der Waals surface area (Å²) in [5.41, 5.74) is 5.92. The Labute approximate surface area is 170 Å². The number of thioether (sulfide) groups is 1. The van der Waals surface area contributed by atoms with Gasteiger partial charge in [-0.05, 0) is 26.0 Å². The number of pyridine rings is 1. The Kier molecular flexibility index (Phi) is 6.18. The molecule has 0 unspecified atom stereocenters. The van der Waals surface area contributed by atoms with Crippen LogP contribution < -0.4 is 11.1 Å². The van der Waals surface area contributed by atoms with Gasteiger partial charge in [0, 0.05) is 5.39 Å². The zero-order chi connectivity index (χ0) is 21.0. The second kappa shape index (κ2) is 8.78. The molecule has 0 saturated carbocycles. The molecule has 3 N–H and O–H groups in total. The number of nitrogens with two attached hydrogens (primary N) is 1. The molecule has 2 heterocycles. The number of anilines is 1. The third kappa shape index (κ3) is 4.57. The number of aromatic nitrogens is 1. The van der Waals surface area contributed by atoms with Crippen LogP contribution in [0.25, 0.3) is 10.9 Å². The third-order valence-electron chi connectivity index (χ3n) is 3.99. The molecular weight excluding hydrogens is 394 g/mol. The summed E-state index contributed by atoms with van der Waals surface area (Å²) >= 11 is 1.23. The maximum absolute atomic E-state index is 12.4. The number of ether oxygens (including phenoxy) is 1. The average molecular weight is 413 g/mol. The Bertz CT molecular complexity index is 1090. The van der Waals surface area contributed by atoms with E-state index in [0.717, 1.165) is 10.9 Å². The first-order chi connectivity index (χ1) is 13.9. The normalized spacial score (nSPS) is 10.7. The molecule has 0 spiro atoms. The van der Waals surface area contributed by atoms with Gasteiger partial charge in [-0.1, -0.05) is 36.0 Å². The SMILES string of the molecule is CCOC(=O)c1c(C)oc(NC(=O)CSc2ccc3ccccc3n2)c1C(N)=O. The number of nitrogens with zero attached hydrogens (tertiary/aromatic N) is 1. The van der Waals surface area contributed by atoms with Crippen LogP contribution in [0.4, 0.5) is 5.88 Å². The highest BCUT2D eigenvalue weighted by Crippen LogP contribution is 2.28. The van der Waals surface area contributed by atoms with Gasteiger partial charge in [-0.3, -0.25) is 14.9 Å². The molecule has 0 radical (unpaired) electrons. The van der Waals surface area contributed by atoms with Gasteiger partial charge < -0.3 is 14.9 Å². The van der Waals surface area contributed by atoms with Crippen LogP contribution >= 0.6 is 11.8 Å². The number of carbonyl (C=O) groups is 3. The standard InChI is InChI=1S/C20H19N3O5S/c1-3-27-20(26)16-11(2)28-19(17(16)18(21)25)23-14(24)10-29-15-9-8-12-6-4-5-7-13(12)22-15/h4-9H,3,10H2,1-2H3,(H2,21,25)(H,23,24). The maximum Gasteiger partial charge on any atom is 0.342 e. The lowest BCUT2D eigenvalue weighted by atomic mass is 10.1. The molecular formula is C20H19N3O5S. The van der Waals surface area contributed by atoms with Gasteiger partial charge in [-0.2, -0.15) is 0 Å². The predicted octanol–water partition coefficient (Wildman–Crippen LogP) is 3.14. The summed E-state index contributed by atoms with van der Waals surface area (Å²) in [4.78, 5) is 40.8. The second-order valence-electron chi connectivity index (χ2n) is 6.00. The van der Waals surface area contributed by atoms with Crippen molar-refractivity contribution in [1.29, 1.82) is 0 Å². The Hall–Kier alpha value is -3.33. The smallest absolute Gasteiger partial charge is 0.342 e. The number of aryl methyl sites for hydroxylation is 1. The molecule has 0 aliphatic heterocycles. The van der Waals surface area contributed by atoms with Crippen molar-refractivity contribution in [2.45, 2.75) is 18.9 Å². The Morgan fingerprint density at radius 2 is 1.93 bits per heavy atom. The molecule has 0 atom stereocenters. The number of esters is 1. The van der Waals surface area contributed by atoms with Crippen LogP contribution in [0.5, 0.6) is 0 Å². The quantitative estimate of drug-likeness (QED) is 0.450. The van der Waals surface area contributed by atoms with Gasteiger partial charge in [0.15, 0.2) is 0 Å². The number of primary amides is 1. The van der Waals surface area contributed by atoms with Gasteiger partial charge in [0.25, 0.3) is 5.91 Å². The van der Waals surface area contributed by atoms with Crippen molar-refractivity contribution in [3.63, 3.8) is 0 Å². The van der Waals surface area contributed by atoms with E-state index in [1.54, 1.807) is 6.92 Å². The Morgan fingerprint density at radius 1 is 1.17 bits per heavy atom. The number of nitrogens with one attached hydrogen (secondary N) is 1. The van der Waals surface area contributed by atoms with Crippen molar-refractivity contribution in [2.24, 2.45) is 5.73 Å². The molecule has 9 heteroatoms. The summed E-state index contributed by atoms with van der Waals surface area (Å²) in [6, 6.07) is 11.4. The molecule has 2 aromatic heterocycles. The molecule has 0 saturated heterocycles. The van der Waals surface area contributed by atoms with Gasteiger partial charge >= 0.3 is 5.97 Å². The monoisotopic (exact) mass is 413 g/mol. The number of amides is 2. The fraction of sp³-hybridized carbons (Fsp3) is 0.200. The molecule has 0 fully saturated rings. The maximum atomic E-state index is 12.4. The van der Waals surface area contributed by atoms with Crippen LogP contribution in [-0.2, 0) is 9.53 Å². The fourth-order valence-electron chi connectivity index (χ4n) is 2.75. The molecule has 2 amide bonds. The number of para-hydroxylation sites is 1. The summed E-state index contributed by atoms with van der Waals surface area (Å²) in [5, 5.41) is 4.18. The lowest BCUT2D eigenvalue weighted by Gasteiger charge is -2.05. The van der Waals surface area contributed by atoms with E-state index in [-0.39, 0.29) is 35.1 Å². The molecule has 8 nitrogen and oxygen atoms in total. The minimum atomic E-state index is -0.899. The van der Waals surface area contributed by atoms with E-state index in [2.05, 4.69) is 10.3 Å². The largest absolute Gasteiger partial charge is 0.462 e. The minimum Gasteiger partial charge on any atom is -0.462 e. The van der Waals surface area contributed by atoms with Crippen LogP contribution in [-0.4, -0.2) is 35.1 Å². The van der Waals surface area contributed by atoms with Crippen molar-refractivity contribution in [3.8, 4) is 0 Å². The van der Waals surface area contributed by atoms with Gasteiger partial charge in [-0.25, -0.2) is 9.78 Å². The molecule has 0 bridgehead atoms. The van der Waals surface area contributed by atoms with E-state index < -0.39 is 17.8 Å². The second-order valence-corrected chi connectivity index (χ2v) is 7.00. The number of rotatable bonds is 7. The van der Waals surface area contributed by atoms with Gasteiger partial charge in [0.1, 0.15) is 16.9 Å². The van der Waals surface area contributed by atoms with Crippen molar-refractivity contribution in [1.82, 2.24) is 4.98 Å². The van der Waals surface area contributed by atoms with Crippen LogP contribution in [0.1, 0.15) is 33.4 Å². The van der Waals surface area contributed by atoms with E-state index in [1.165, 1.54) is 18.7 Å². The molecule has 3 aromatic rings. The molecule has 150 valence electrons. The third-order valence-corrected chi connectivity index (χ3v) is 4.92. The number of fused-ring (bicyclic) bond motifs is 1. The lowest BCUT2D eigenvalue weighted by Crippen LogP contribution is -2.21. The highest BCUT2D eigenvalue weighted by Gasteiger charge is 2.29. The van der Waals surface area contributed by atoms with E-state index >= 15 is 0 Å². The lowest BCUT2D eigenvalue weighted by molar-refractivity contribution is -0.113. The summed E-state index contributed by atoms with van der Waals surface area (Å²) in [6.07, 6.45) is 0. The van der Waals surface area contributed by atoms with Crippen molar-refractivity contribution in [2.75, 3.05) is 17.7 Å². The number of benzene rings is 1. The van der Waals surface area contributed by atoms with Crippen LogP contribution in [0, 0.1) is 6.92 Å². The number of furan rings is 1. The van der Waals surface area contributed by atoms with Crippen LogP contribution in [0.15, 0.2) is 45.8 Å². The first-order valence-electron chi connectivity index (χ1n) is 8.79. The van der Waals surface area contributed by atoms with Crippen molar-refractivity contribution >= 4 is 46.3 Å². The van der Waals surface area contributed by atoms with Crippen molar-refractivity contribution in [3.05, 3.63) is 53.3 Å². The first kappa shape index (κ1) is 20.4. The molecule has 3 rings (SSSR count). The Morgan fingerprint density at radius 3 is 2.66 bits per heavy atom. The summed E-state index contributed by atoms with van der Waals surface area (Å²) in [5.74, 6) is -2.08. The molecule has 0 aliphatic carbocycles. The molecule has 29 heavy (non-hydrogen) atoms. The van der Waals surface area contributed by atoms with E-state index in [4.69, 9.17) is 14.9 Å². The highest BCUT2D eigenvalue weighted by atomic mass is 32.2. The van der Waals surface area contributed by atoms with E-state index in [0.29, 0.717) is 5.03 Å². The zero-order valence-corrected chi connectivity index (χ0v) is 16.7. The molecule has 1 aromatic carbocycles. The summed E-state index contributed by atoms with van der Waals surface area (Å²) in [6.45, 7) is 3.25. The summed E-state index contributed by atoms with van der Waals surface area (Å²) in [7, 11) is 0. The topological polar surface area (TPSA) is 125 Å². The Balaban J connectivity index is 1.73. The highest BCUT2D eigenvalue weighted by molar-refractivity contribution is 7.99. The van der Waals surface area contributed by atoms with Crippen LogP contribution in [0.2, 0.25) is 0 Å². The number of carbonyl (C=O) groups excluding carboxylic acids is 3. The average Bonchev–Trinajstić information content (AvgIpc) is 3.02. The van der Waals surface area contributed by atoms with Gasteiger partial charge in [-0.15, -0.1) is 0 Å². The van der Waals surface area contributed by atoms with E-state index in [9.17, 15) is 14.4 Å². The van der Waals surface area contributed by atoms with Crippen molar-refractivity contribution < 1.29 is 23.5 Å². The zero-order valence-electron chi connectivity index (χ0n) is 15.9. The first-order valence-corrected chi connectivity index (χ1v) is 9.78. The minimum absolute atomic E-state index is 0.0258. The predicted molar refractivity (Wildman–Crippen MR) is 109 cm³/mol. The number of hydrogen-bond donors (Lipinski definition) is 2. The van der Waals surface area contributed by atoms with Crippen LogP contribution in [0.3, 0.4) is 0 Å². The molecule has 0 aliphatic rings. The van der Waals surface area contributed by atoms with E-state index in [1.807, 2.05) is 36.4 Å².